The van der Waals surface area contributed by atoms with Crippen molar-refractivity contribution in [1.82, 2.24) is 69.0 Å². The van der Waals surface area contributed by atoms with Gasteiger partial charge >= 0.3 is 0 Å². The van der Waals surface area contributed by atoms with E-state index in [1.165, 1.54) is 28.4 Å². The van der Waals surface area contributed by atoms with E-state index in [0.717, 1.165) is 36.2 Å². The lowest BCUT2D eigenvalue weighted by atomic mass is 10.2. The van der Waals surface area contributed by atoms with Gasteiger partial charge in [0.2, 0.25) is 0 Å². The maximum absolute atomic E-state index is 13.4. The number of ether oxygens (including phenoxy) is 4. The quantitative estimate of drug-likeness (QED) is 0.110. The number of sulfone groups is 2. The molecule has 8 aromatic rings. The lowest BCUT2D eigenvalue weighted by Crippen LogP contribution is -2.24. The van der Waals surface area contributed by atoms with Gasteiger partial charge in [0.15, 0.2) is 54.6 Å². The third kappa shape index (κ3) is 11.2. The zero-order valence-electron chi connectivity index (χ0n) is 41.0. The molecule has 2 aromatic carbocycles. The fourth-order valence-corrected chi connectivity index (χ4v) is 9.84. The van der Waals surface area contributed by atoms with E-state index in [1.54, 1.807) is 82.8 Å². The third-order valence-corrected chi connectivity index (χ3v) is 15.7. The second-order valence-electron chi connectivity index (χ2n) is 16.4. The van der Waals surface area contributed by atoms with Crippen LogP contribution in [0, 0.1) is 25.5 Å². The van der Waals surface area contributed by atoms with Gasteiger partial charge in [0, 0.05) is 38.3 Å². The van der Waals surface area contributed by atoms with E-state index >= 15 is 0 Å². The Morgan fingerprint density at radius 1 is 0.542 bits per heavy atom. The fraction of sp³-hybridized carbons (Fsp3) is 0.348. The van der Waals surface area contributed by atoms with Crippen molar-refractivity contribution in [3.63, 3.8) is 0 Å². The molecule has 8 rings (SSSR count). The number of rotatable bonds is 18. The molecular formula is C46H52F2N14O8S2. The zero-order chi connectivity index (χ0) is 52.1. The van der Waals surface area contributed by atoms with Crippen LogP contribution in [0.1, 0.15) is 48.5 Å². The monoisotopic (exact) mass is 1030 g/mol. The topological polar surface area (TPSA) is 254 Å². The molecule has 0 fully saturated rings. The standard InChI is InChI=1S/2C23H26FN7O4S/c2*1-14-9-17(29-30(14)3)23-28-27-21(31(23)22-18(34-4)7-6-8-19(22)35-5)13-36(32,33)15(2)10-20-25-11-16(24)12-26-20/h2*6-9,11-12,15H,10,13H2,1-5H3/t2*15-/m10/s1. The Morgan fingerprint density at radius 3 is 1.14 bits per heavy atom. The number of halogens is 2. The van der Waals surface area contributed by atoms with Crippen LogP contribution >= 0.6 is 0 Å². The Hall–Kier alpha value is -7.74. The molecule has 72 heavy (non-hydrogen) atoms. The zero-order valence-corrected chi connectivity index (χ0v) is 42.6. The van der Waals surface area contributed by atoms with Crippen molar-refractivity contribution in [2.24, 2.45) is 14.1 Å². The molecule has 0 aliphatic carbocycles. The third-order valence-electron chi connectivity index (χ3n) is 11.6. The largest absolute Gasteiger partial charge is 0.494 e. The highest BCUT2D eigenvalue weighted by Gasteiger charge is 2.32. The highest BCUT2D eigenvalue weighted by Crippen LogP contribution is 2.38. The summed E-state index contributed by atoms with van der Waals surface area (Å²) < 4.78 is 109. The predicted molar refractivity (Wildman–Crippen MR) is 258 cm³/mol. The summed E-state index contributed by atoms with van der Waals surface area (Å²) in [6, 6.07) is 14.1. The summed E-state index contributed by atoms with van der Waals surface area (Å²) in [5.74, 6) is 1.14. The molecule has 0 aliphatic heterocycles. The van der Waals surface area contributed by atoms with Crippen LogP contribution < -0.4 is 18.9 Å². The molecule has 0 bridgehead atoms. The molecule has 22 nitrogen and oxygen atoms in total. The van der Waals surface area contributed by atoms with Gasteiger partial charge in [-0.25, -0.2) is 45.6 Å². The van der Waals surface area contributed by atoms with Crippen LogP contribution in [-0.4, -0.2) is 125 Å². The minimum Gasteiger partial charge on any atom is -0.494 e. The van der Waals surface area contributed by atoms with Gasteiger partial charge in [0.25, 0.3) is 0 Å². The lowest BCUT2D eigenvalue weighted by molar-refractivity contribution is 0.390. The number of para-hydroxylation sites is 2. The summed E-state index contributed by atoms with van der Waals surface area (Å²) in [6.07, 6.45) is 4.06. The van der Waals surface area contributed by atoms with Crippen molar-refractivity contribution in [1.29, 1.82) is 0 Å². The summed E-state index contributed by atoms with van der Waals surface area (Å²) in [6.45, 7) is 6.89. The van der Waals surface area contributed by atoms with Crippen LogP contribution in [-0.2, 0) is 58.1 Å². The van der Waals surface area contributed by atoms with Crippen LogP contribution in [0.25, 0.3) is 34.4 Å². The van der Waals surface area contributed by atoms with Crippen molar-refractivity contribution in [2.75, 3.05) is 28.4 Å². The van der Waals surface area contributed by atoms with Gasteiger partial charge in [0.05, 0.1) is 63.7 Å². The molecule has 380 valence electrons. The van der Waals surface area contributed by atoms with Crippen LogP contribution in [0.4, 0.5) is 8.78 Å². The molecule has 0 aliphatic rings. The van der Waals surface area contributed by atoms with Gasteiger partial charge in [-0.1, -0.05) is 12.1 Å². The van der Waals surface area contributed by atoms with E-state index < -0.39 is 53.3 Å². The van der Waals surface area contributed by atoms with Crippen LogP contribution in [0.15, 0.2) is 73.3 Å². The summed E-state index contributed by atoms with van der Waals surface area (Å²) in [5.41, 5.74) is 3.68. The first-order chi connectivity index (χ1) is 34.3. The van der Waals surface area contributed by atoms with Gasteiger partial charge in [-0.15, -0.1) is 20.4 Å². The number of aryl methyl sites for hydroxylation is 4. The Bertz CT molecular complexity index is 3110. The van der Waals surface area contributed by atoms with E-state index in [1.807, 2.05) is 26.0 Å². The summed E-state index contributed by atoms with van der Waals surface area (Å²) in [5, 5.41) is 24.3. The number of nitrogens with zero attached hydrogens (tertiary/aromatic N) is 14. The van der Waals surface area contributed by atoms with Crippen LogP contribution in [0.2, 0.25) is 0 Å². The molecule has 2 atom stereocenters. The average molecular weight is 1030 g/mol. The average Bonchev–Trinajstić information content (AvgIpc) is 4.14. The van der Waals surface area contributed by atoms with Crippen molar-refractivity contribution in [3.8, 4) is 57.4 Å². The molecule has 0 N–H and O–H groups in total. The Kier molecular flexibility index (Phi) is 15.7. The normalized spacial score (nSPS) is 12.5. The highest BCUT2D eigenvalue weighted by molar-refractivity contribution is 7.91. The van der Waals surface area contributed by atoms with Crippen molar-refractivity contribution in [3.05, 3.63) is 120 Å². The number of benzene rings is 2. The molecule has 0 radical (unpaired) electrons. The van der Waals surface area contributed by atoms with Gasteiger partial charge < -0.3 is 18.9 Å². The summed E-state index contributed by atoms with van der Waals surface area (Å²) in [7, 11) is 2.10. The molecular weight excluding hydrogens is 979 g/mol. The van der Waals surface area contributed by atoms with Crippen LogP contribution in [0.5, 0.6) is 23.0 Å². The highest BCUT2D eigenvalue weighted by atomic mass is 32.2. The first kappa shape index (κ1) is 52.1. The predicted octanol–water partition coefficient (Wildman–Crippen LogP) is 4.94. The Morgan fingerprint density at radius 2 is 0.861 bits per heavy atom. The Labute approximate surface area is 413 Å². The SMILES string of the molecule is COc1cccc(OC)c1-n1c(CS(=O)(=O)[C@@H](C)Cc2ncc(F)cn2)nnc1-c1cc(C)n(C)n1.COc1cccc(OC)c1-n1c(CS(=O)(=O)[C@H](C)Cc2ncc(F)cn2)nnc1-c1cc(C)n(C)n1. The van der Waals surface area contributed by atoms with E-state index in [4.69, 9.17) is 18.9 Å². The number of hydrogen-bond donors (Lipinski definition) is 0. The maximum atomic E-state index is 13.4. The lowest BCUT2D eigenvalue weighted by Gasteiger charge is -2.18. The number of aromatic nitrogens is 14. The van der Waals surface area contributed by atoms with Gasteiger partial charge in [-0.05, 0) is 64.1 Å². The summed E-state index contributed by atoms with van der Waals surface area (Å²) in [4.78, 5) is 15.5. The second kappa shape index (κ2) is 21.7. The smallest absolute Gasteiger partial charge is 0.189 e. The molecule has 0 unspecified atom stereocenters. The van der Waals surface area contributed by atoms with Crippen molar-refractivity contribution < 1.29 is 44.6 Å². The fourth-order valence-electron chi connectivity index (χ4n) is 7.37. The van der Waals surface area contributed by atoms with E-state index in [0.29, 0.717) is 57.4 Å². The molecule has 0 saturated heterocycles. The van der Waals surface area contributed by atoms with Gasteiger partial charge in [-0.2, -0.15) is 10.2 Å². The van der Waals surface area contributed by atoms with Crippen molar-refractivity contribution >= 4 is 19.7 Å². The van der Waals surface area contributed by atoms with Crippen LogP contribution in [0.3, 0.4) is 0 Å². The second-order valence-corrected chi connectivity index (χ2v) is 21.3. The van der Waals surface area contributed by atoms with E-state index in [2.05, 4.69) is 50.5 Å². The number of methoxy groups -OCH3 is 4. The maximum Gasteiger partial charge on any atom is 0.189 e. The molecule has 0 amide bonds. The first-order valence-corrected chi connectivity index (χ1v) is 25.4. The molecule has 0 spiro atoms. The van der Waals surface area contributed by atoms with E-state index in [-0.39, 0.29) is 36.1 Å². The molecule has 0 saturated carbocycles. The van der Waals surface area contributed by atoms with Crippen molar-refractivity contribution in [2.45, 2.75) is 62.5 Å². The molecule has 26 heteroatoms. The van der Waals surface area contributed by atoms with Gasteiger partial charge in [0.1, 0.15) is 68.9 Å². The molecule has 6 heterocycles. The molecule has 6 aromatic heterocycles. The summed E-state index contributed by atoms with van der Waals surface area (Å²) >= 11 is 0. The van der Waals surface area contributed by atoms with Gasteiger partial charge in [-0.3, -0.25) is 18.5 Å². The Balaban J connectivity index is 0.000000211. The first-order valence-electron chi connectivity index (χ1n) is 22.0. The minimum atomic E-state index is -3.77. The number of hydrogen-bond acceptors (Lipinski definition) is 18. The van der Waals surface area contributed by atoms with E-state index in [9.17, 15) is 25.6 Å². The minimum absolute atomic E-state index is 0.0149.